The molecule has 0 amide bonds. The highest BCUT2D eigenvalue weighted by Crippen LogP contribution is 2.23. The zero-order chi connectivity index (χ0) is 13.7. The van der Waals surface area contributed by atoms with Gasteiger partial charge in [-0.05, 0) is 31.4 Å². The summed E-state index contributed by atoms with van der Waals surface area (Å²) >= 11 is 6.23. The zero-order valence-corrected chi connectivity index (χ0v) is 12.2. The summed E-state index contributed by atoms with van der Waals surface area (Å²) in [4.78, 5) is 2.33. The molecule has 1 saturated heterocycles. The van der Waals surface area contributed by atoms with E-state index in [1.165, 1.54) is 5.56 Å². The number of rotatable bonds is 4. The van der Waals surface area contributed by atoms with Gasteiger partial charge in [0.05, 0.1) is 6.54 Å². The minimum absolute atomic E-state index is 0.290. The van der Waals surface area contributed by atoms with E-state index in [2.05, 4.69) is 29.1 Å². The van der Waals surface area contributed by atoms with E-state index in [1.807, 2.05) is 18.2 Å². The van der Waals surface area contributed by atoms with Gasteiger partial charge < -0.3 is 5.32 Å². The summed E-state index contributed by atoms with van der Waals surface area (Å²) in [6, 6.07) is 8.89. The third kappa shape index (κ3) is 3.98. The monoisotopic (exact) mass is 276 g/mol. The van der Waals surface area contributed by atoms with E-state index < -0.39 is 0 Å². The average Bonchev–Trinajstić information content (AvgIpc) is 2.42. The lowest BCUT2D eigenvalue weighted by Gasteiger charge is -2.33. The van der Waals surface area contributed by atoms with Crippen molar-refractivity contribution in [3.63, 3.8) is 0 Å². The highest BCUT2D eigenvalue weighted by atomic mass is 35.5. The Morgan fingerprint density at radius 2 is 2.11 bits per heavy atom. The lowest BCUT2D eigenvalue weighted by atomic mass is 10.0. The van der Waals surface area contributed by atoms with Crippen molar-refractivity contribution in [2.45, 2.75) is 31.8 Å². The maximum Gasteiger partial charge on any atom is 0.0598 e. The van der Waals surface area contributed by atoms with Crippen LogP contribution in [0.1, 0.15) is 31.4 Å². The average molecular weight is 277 g/mol. The quantitative estimate of drug-likeness (QED) is 0.850. The van der Waals surface area contributed by atoms with Crippen LogP contribution in [0.4, 0.5) is 0 Å². The van der Waals surface area contributed by atoms with Crippen LogP contribution in [0.3, 0.4) is 0 Å². The molecule has 1 N–H and O–H groups in total. The number of benzene rings is 1. The molecule has 102 valence electrons. The summed E-state index contributed by atoms with van der Waals surface area (Å²) in [5.41, 5.74) is 1.18. The summed E-state index contributed by atoms with van der Waals surface area (Å²) in [5.74, 6) is 2.71. The van der Waals surface area contributed by atoms with Gasteiger partial charge in [-0.3, -0.25) is 4.90 Å². The number of piperidine rings is 1. The van der Waals surface area contributed by atoms with Gasteiger partial charge in [0, 0.05) is 30.2 Å². The second kappa shape index (κ2) is 6.96. The predicted octanol–water partition coefficient (Wildman–Crippen LogP) is 3.09. The molecule has 19 heavy (non-hydrogen) atoms. The smallest absolute Gasteiger partial charge is 0.0598 e. The molecule has 1 aliphatic heterocycles. The molecule has 1 fully saturated rings. The fraction of sp³-hybridized carbons (Fsp3) is 0.500. The highest BCUT2D eigenvalue weighted by molar-refractivity contribution is 6.31. The molecule has 0 radical (unpaired) electrons. The molecule has 0 unspecified atom stereocenters. The first-order valence-electron chi connectivity index (χ1n) is 6.87. The van der Waals surface area contributed by atoms with E-state index in [4.69, 9.17) is 18.0 Å². The van der Waals surface area contributed by atoms with E-state index in [9.17, 15) is 0 Å². The van der Waals surface area contributed by atoms with Crippen molar-refractivity contribution in [3.8, 4) is 12.3 Å². The first kappa shape index (κ1) is 14.4. The Morgan fingerprint density at radius 1 is 1.42 bits per heavy atom. The van der Waals surface area contributed by atoms with E-state index in [-0.39, 0.29) is 6.04 Å². The SMILES string of the molecule is C#CCN1CCC(N[C@H](C)c2ccccc2Cl)CC1. The van der Waals surface area contributed by atoms with Crippen molar-refractivity contribution in [1.29, 1.82) is 0 Å². The van der Waals surface area contributed by atoms with Gasteiger partial charge in [-0.15, -0.1) is 6.42 Å². The molecule has 2 nitrogen and oxygen atoms in total. The molecular formula is C16H21ClN2. The normalized spacial score (nSPS) is 19.0. The van der Waals surface area contributed by atoms with Gasteiger partial charge >= 0.3 is 0 Å². The van der Waals surface area contributed by atoms with E-state index >= 15 is 0 Å². The molecule has 0 bridgehead atoms. The van der Waals surface area contributed by atoms with Crippen molar-refractivity contribution < 1.29 is 0 Å². The van der Waals surface area contributed by atoms with Crippen LogP contribution in [-0.2, 0) is 0 Å². The molecule has 1 atom stereocenters. The maximum absolute atomic E-state index is 6.23. The number of nitrogens with one attached hydrogen (secondary N) is 1. The number of likely N-dealkylation sites (tertiary alicyclic amines) is 1. The minimum Gasteiger partial charge on any atom is -0.307 e. The van der Waals surface area contributed by atoms with E-state index in [0.717, 1.165) is 37.5 Å². The van der Waals surface area contributed by atoms with Gasteiger partial charge in [0.2, 0.25) is 0 Å². The van der Waals surface area contributed by atoms with Gasteiger partial charge in [0.25, 0.3) is 0 Å². The van der Waals surface area contributed by atoms with Crippen LogP contribution in [0.2, 0.25) is 5.02 Å². The fourth-order valence-electron chi connectivity index (χ4n) is 2.66. The van der Waals surface area contributed by atoms with Crippen LogP contribution in [-0.4, -0.2) is 30.6 Å². The van der Waals surface area contributed by atoms with Gasteiger partial charge in [-0.25, -0.2) is 0 Å². The Morgan fingerprint density at radius 3 is 2.74 bits per heavy atom. The molecule has 0 spiro atoms. The van der Waals surface area contributed by atoms with Gasteiger partial charge in [-0.1, -0.05) is 35.7 Å². The van der Waals surface area contributed by atoms with Crippen LogP contribution in [0.5, 0.6) is 0 Å². The minimum atomic E-state index is 0.290. The fourth-order valence-corrected chi connectivity index (χ4v) is 2.96. The Kier molecular flexibility index (Phi) is 5.27. The third-order valence-corrected chi connectivity index (χ3v) is 4.10. The zero-order valence-electron chi connectivity index (χ0n) is 11.4. The summed E-state index contributed by atoms with van der Waals surface area (Å²) in [6.07, 6.45) is 7.64. The van der Waals surface area contributed by atoms with Gasteiger partial charge in [0.15, 0.2) is 0 Å². The Labute approximate surface area is 121 Å². The van der Waals surface area contributed by atoms with Crippen LogP contribution < -0.4 is 5.32 Å². The standard InChI is InChI=1S/C16H21ClN2/c1-3-10-19-11-8-14(9-12-19)18-13(2)15-6-4-5-7-16(15)17/h1,4-7,13-14,18H,8-12H2,2H3/t13-/m1/s1. The van der Waals surface area contributed by atoms with Crippen molar-refractivity contribution in [2.75, 3.05) is 19.6 Å². The molecular weight excluding hydrogens is 256 g/mol. The summed E-state index contributed by atoms with van der Waals surface area (Å²) < 4.78 is 0. The van der Waals surface area contributed by atoms with Crippen LogP contribution in [0.15, 0.2) is 24.3 Å². The van der Waals surface area contributed by atoms with Crippen molar-refractivity contribution in [1.82, 2.24) is 10.2 Å². The molecule has 0 saturated carbocycles. The highest BCUT2D eigenvalue weighted by Gasteiger charge is 2.20. The Hall–Kier alpha value is -1.01. The van der Waals surface area contributed by atoms with Crippen LogP contribution in [0, 0.1) is 12.3 Å². The lowest BCUT2D eigenvalue weighted by Crippen LogP contribution is -2.43. The van der Waals surface area contributed by atoms with E-state index in [0.29, 0.717) is 6.04 Å². The second-order valence-electron chi connectivity index (χ2n) is 5.16. The summed E-state index contributed by atoms with van der Waals surface area (Å²) in [7, 11) is 0. The number of halogens is 1. The molecule has 1 aromatic carbocycles. The molecule has 3 heteroatoms. The number of hydrogen-bond acceptors (Lipinski definition) is 2. The molecule has 1 aromatic rings. The third-order valence-electron chi connectivity index (χ3n) is 3.76. The molecule has 0 aliphatic carbocycles. The first-order valence-corrected chi connectivity index (χ1v) is 7.25. The Balaban J connectivity index is 1.86. The molecule has 1 aliphatic rings. The van der Waals surface area contributed by atoms with Crippen molar-refractivity contribution >= 4 is 11.6 Å². The summed E-state index contributed by atoms with van der Waals surface area (Å²) in [5, 5.41) is 4.52. The second-order valence-corrected chi connectivity index (χ2v) is 5.57. The maximum atomic E-state index is 6.23. The van der Waals surface area contributed by atoms with Gasteiger partial charge in [-0.2, -0.15) is 0 Å². The van der Waals surface area contributed by atoms with Gasteiger partial charge in [0.1, 0.15) is 0 Å². The Bertz CT molecular complexity index is 444. The van der Waals surface area contributed by atoms with E-state index in [1.54, 1.807) is 0 Å². The largest absolute Gasteiger partial charge is 0.307 e. The molecule has 1 heterocycles. The van der Waals surface area contributed by atoms with Crippen LogP contribution >= 0.6 is 11.6 Å². The van der Waals surface area contributed by atoms with Crippen LogP contribution in [0.25, 0.3) is 0 Å². The summed E-state index contributed by atoms with van der Waals surface area (Å²) in [6.45, 7) is 5.11. The number of nitrogens with zero attached hydrogens (tertiary/aromatic N) is 1. The molecule has 0 aromatic heterocycles. The van der Waals surface area contributed by atoms with Crippen molar-refractivity contribution in [2.24, 2.45) is 0 Å². The number of hydrogen-bond donors (Lipinski definition) is 1. The number of terminal acetylenes is 1. The lowest BCUT2D eigenvalue weighted by molar-refractivity contribution is 0.211. The first-order chi connectivity index (χ1) is 9.20. The predicted molar refractivity (Wildman–Crippen MR) is 81.3 cm³/mol. The topological polar surface area (TPSA) is 15.3 Å². The van der Waals surface area contributed by atoms with Crippen molar-refractivity contribution in [3.05, 3.63) is 34.9 Å². The molecule has 2 rings (SSSR count).